The Morgan fingerprint density at radius 3 is 2.65 bits per heavy atom. The first-order chi connectivity index (χ1) is 12.8. The number of nitrogens with zero attached hydrogens (tertiary/aromatic N) is 3. The number of imidazole rings is 1. The number of aromatic nitrogens is 2. The molecule has 1 amide bonds. The SMILES string of the molecule is O=C(Nc1nccn1Cc1ccccc1)C1CCCCN1C1CCCC1. The van der Waals surface area contributed by atoms with Gasteiger partial charge in [0.25, 0.3) is 0 Å². The second-order valence-electron chi connectivity index (χ2n) is 7.54. The summed E-state index contributed by atoms with van der Waals surface area (Å²) in [5, 5.41) is 3.11. The van der Waals surface area contributed by atoms with E-state index in [-0.39, 0.29) is 11.9 Å². The molecule has 1 unspecified atom stereocenters. The number of amides is 1. The van der Waals surface area contributed by atoms with Gasteiger partial charge >= 0.3 is 0 Å². The fraction of sp³-hybridized carbons (Fsp3) is 0.524. The predicted octanol–water partition coefficient (Wildman–Crippen LogP) is 3.67. The number of likely N-dealkylation sites (tertiary alicyclic amines) is 1. The highest BCUT2D eigenvalue weighted by Gasteiger charge is 2.35. The Kier molecular flexibility index (Phi) is 5.34. The number of rotatable bonds is 5. The van der Waals surface area contributed by atoms with Crippen molar-refractivity contribution in [3.8, 4) is 0 Å². The fourth-order valence-corrected chi connectivity index (χ4v) is 4.44. The highest BCUT2D eigenvalue weighted by Crippen LogP contribution is 2.29. The van der Waals surface area contributed by atoms with Gasteiger partial charge in [-0.3, -0.25) is 15.0 Å². The molecule has 2 heterocycles. The summed E-state index contributed by atoms with van der Waals surface area (Å²) in [4.78, 5) is 19.9. The number of nitrogens with one attached hydrogen (secondary N) is 1. The molecule has 4 rings (SSSR count). The highest BCUT2D eigenvalue weighted by atomic mass is 16.2. The summed E-state index contributed by atoms with van der Waals surface area (Å²) >= 11 is 0. The molecule has 5 nitrogen and oxygen atoms in total. The Labute approximate surface area is 155 Å². The first-order valence-corrected chi connectivity index (χ1v) is 9.93. The Hall–Kier alpha value is -2.14. The van der Waals surface area contributed by atoms with Crippen molar-refractivity contribution in [2.24, 2.45) is 0 Å². The molecule has 0 spiro atoms. The van der Waals surface area contributed by atoms with Crippen LogP contribution in [0.1, 0.15) is 50.5 Å². The topological polar surface area (TPSA) is 50.2 Å². The van der Waals surface area contributed by atoms with Crippen LogP contribution in [0.3, 0.4) is 0 Å². The lowest BCUT2D eigenvalue weighted by Gasteiger charge is -2.38. The van der Waals surface area contributed by atoms with Crippen LogP contribution in [0.4, 0.5) is 5.95 Å². The van der Waals surface area contributed by atoms with Gasteiger partial charge in [-0.25, -0.2) is 4.98 Å². The number of benzene rings is 1. The third-order valence-electron chi connectivity index (χ3n) is 5.79. The summed E-state index contributed by atoms with van der Waals surface area (Å²) in [6, 6.07) is 10.9. The molecule has 2 aromatic rings. The molecule has 1 aliphatic carbocycles. The van der Waals surface area contributed by atoms with Crippen molar-refractivity contribution in [2.75, 3.05) is 11.9 Å². The van der Waals surface area contributed by atoms with Crippen LogP contribution in [0.15, 0.2) is 42.7 Å². The Bertz CT molecular complexity index is 721. The Morgan fingerprint density at radius 1 is 1.08 bits per heavy atom. The lowest BCUT2D eigenvalue weighted by atomic mass is 9.98. The third-order valence-corrected chi connectivity index (χ3v) is 5.79. The zero-order valence-corrected chi connectivity index (χ0v) is 15.3. The zero-order chi connectivity index (χ0) is 17.8. The molecular weight excluding hydrogens is 324 g/mol. The number of piperidine rings is 1. The summed E-state index contributed by atoms with van der Waals surface area (Å²) < 4.78 is 2.01. The van der Waals surface area contributed by atoms with Crippen molar-refractivity contribution in [1.82, 2.24) is 14.5 Å². The van der Waals surface area contributed by atoms with Crippen LogP contribution >= 0.6 is 0 Å². The highest BCUT2D eigenvalue weighted by molar-refractivity contribution is 5.93. The third kappa shape index (κ3) is 3.83. The van der Waals surface area contributed by atoms with E-state index in [0.717, 1.165) is 19.4 Å². The van der Waals surface area contributed by atoms with Crippen molar-refractivity contribution >= 4 is 11.9 Å². The van der Waals surface area contributed by atoms with E-state index in [1.807, 2.05) is 29.0 Å². The van der Waals surface area contributed by atoms with E-state index in [0.29, 0.717) is 18.5 Å². The van der Waals surface area contributed by atoms with Crippen molar-refractivity contribution in [3.05, 3.63) is 48.3 Å². The Balaban J connectivity index is 1.45. The van der Waals surface area contributed by atoms with Crippen molar-refractivity contribution in [2.45, 2.75) is 63.6 Å². The van der Waals surface area contributed by atoms with E-state index in [9.17, 15) is 4.79 Å². The molecule has 5 heteroatoms. The van der Waals surface area contributed by atoms with Gasteiger partial charge in [-0.05, 0) is 37.8 Å². The van der Waals surface area contributed by atoms with E-state index in [1.165, 1.54) is 37.7 Å². The van der Waals surface area contributed by atoms with E-state index in [4.69, 9.17) is 0 Å². The molecule has 1 saturated carbocycles. The molecule has 2 fully saturated rings. The molecule has 1 aliphatic heterocycles. The van der Waals surface area contributed by atoms with Crippen LogP contribution in [-0.2, 0) is 11.3 Å². The number of carbonyl (C=O) groups is 1. The molecule has 138 valence electrons. The number of hydrogen-bond donors (Lipinski definition) is 1. The molecule has 26 heavy (non-hydrogen) atoms. The van der Waals surface area contributed by atoms with Crippen molar-refractivity contribution in [3.63, 3.8) is 0 Å². The first kappa shape index (κ1) is 17.3. The van der Waals surface area contributed by atoms with Gasteiger partial charge in [0, 0.05) is 18.4 Å². The van der Waals surface area contributed by atoms with Gasteiger partial charge in [-0.2, -0.15) is 0 Å². The minimum absolute atomic E-state index is 0.00581. The average Bonchev–Trinajstić information content (AvgIpc) is 3.35. The zero-order valence-electron chi connectivity index (χ0n) is 15.3. The van der Waals surface area contributed by atoms with Gasteiger partial charge in [0.2, 0.25) is 11.9 Å². The summed E-state index contributed by atoms with van der Waals surface area (Å²) in [5.74, 6) is 0.757. The van der Waals surface area contributed by atoms with Crippen LogP contribution in [0.25, 0.3) is 0 Å². The van der Waals surface area contributed by atoms with Crippen LogP contribution in [0.5, 0.6) is 0 Å². The maximum Gasteiger partial charge on any atom is 0.244 e. The average molecular weight is 352 g/mol. The molecule has 1 saturated heterocycles. The maximum absolute atomic E-state index is 13.0. The standard InChI is InChI=1S/C21H28N4O/c26-20(19-12-6-7-14-25(19)18-10-4-5-11-18)23-21-22-13-15-24(21)16-17-8-2-1-3-9-17/h1-3,8-9,13,15,18-19H,4-7,10-12,14,16H2,(H,22,23,26). The maximum atomic E-state index is 13.0. The molecule has 0 bridgehead atoms. The minimum Gasteiger partial charge on any atom is -0.313 e. The summed E-state index contributed by atoms with van der Waals surface area (Å²) in [5.41, 5.74) is 1.20. The molecule has 0 radical (unpaired) electrons. The van der Waals surface area contributed by atoms with Crippen LogP contribution < -0.4 is 5.32 Å². The Morgan fingerprint density at radius 2 is 1.85 bits per heavy atom. The summed E-state index contributed by atoms with van der Waals surface area (Å²) in [6.07, 6.45) is 12.1. The van der Waals surface area contributed by atoms with Crippen molar-refractivity contribution < 1.29 is 4.79 Å². The molecule has 2 aliphatic rings. The fourth-order valence-electron chi connectivity index (χ4n) is 4.44. The van der Waals surface area contributed by atoms with Crippen LogP contribution in [0.2, 0.25) is 0 Å². The molecule has 1 N–H and O–H groups in total. The number of carbonyl (C=O) groups excluding carboxylic acids is 1. The van der Waals surface area contributed by atoms with Gasteiger partial charge in [-0.15, -0.1) is 0 Å². The quantitative estimate of drug-likeness (QED) is 0.893. The smallest absolute Gasteiger partial charge is 0.244 e. The van der Waals surface area contributed by atoms with Crippen molar-refractivity contribution in [1.29, 1.82) is 0 Å². The number of hydrogen-bond acceptors (Lipinski definition) is 3. The predicted molar refractivity (Wildman–Crippen MR) is 103 cm³/mol. The van der Waals surface area contributed by atoms with Gasteiger partial charge in [-0.1, -0.05) is 49.6 Å². The minimum atomic E-state index is -0.00581. The largest absolute Gasteiger partial charge is 0.313 e. The van der Waals surface area contributed by atoms with E-state index in [2.05, 4.69) is 27.3 Å². The van der Waals surface area contributed by atoms with Crippen LogP contribution in [-0.4, -0.2) is 39.0 Å². The van der Waals surface area contributed by atoms with E-state index >= 15 is 0 Å². The van der Waals surface area contributed by atoms with Crippen LogP contribution in [0, 0.1) is 0 Å². The lowest BCUT2D eigenvalue weighted by Crippen LogP contribution is -2.51. The number of anilines is 1. The molecule has 1 aromatic heterocycles. The van der Waals surface area contributed by atoms with E-state index in [1.54, 1.807) is 6.20 Å². The van der Waals surface area contributed by atoms with Gasteiger partial charge in [0.1, 0.15) is 0 Å². The molecular formula is C21H28N4O. The van der Waals surface area contributed by atoms with Gasteiger partial charge in [0.15, 0.2) is 0 Å². The molecule has 1 atom stereocenters. The summed E-state index contributed by atoms with van der Waals surface area (Å²) in [6.45, 7) is 1.77. The van der Waals surface area contributed by atoms with Gasteiger partial charge in [0.05, 0.1) is 12.6 Å². The normalized spacial score (nSPS) is 21.8. The lowest BCUT2D eigenvalue weighted by molar-refractivity contribution is -0.123. The molecule has 1 aromatic carbocycles. The van der Waals surface area contributed by atoms with E-state index < -0.39 is 0 Å². The second kappa shape index (κ2) is 8.04. The summed E-state index contributed by atoms with van der Waals surface area (Å²) in [7, 11) is 0. The monoisotopic (exact) mass is 352 g/mol. The van der Waals surface area contributed by atoms with Gasteiger partial charge < -0.3 is 4.57 Å². The first-order valence-electron chi connectivity index (χ1n) is 9.93. The second-order valence-corrected chi connectivity index (χ2v) is 7.54.